The lowest BCUT2D eigenvalue weighted by Gasteiger charge is -2.33. The average Bonchev–Trinajstić information content (AvgIpc) is 2.37. The van der Waals surface area contributed by atoms with Crippen molar-refractivity contribution in [3.63, 3.8) is 0 Å². The smallest absolute Gasteiger partial charge is 0.306 e. The van der Waals surface area contributed by atoms with Gasteiger partial charge in [-0.05, 0) is 31.1 Å². The molecule has 0 radical (unpaired) electrons. The van der Waals surface area contributed by atoms with Crippen molar-refractivity contribution < 1.29 is 9.53 Å². The molecule has 0 unspecified atom stereocenters. The maximum atomic E-state index is 12.1. The fourth-order valence-corrected chi connectivity index (χ4v) is 2.47. The molecule has 0 aliphatic heterocycles. The Bertz CT molecular complexity index is 250. The predicted molar refractivity (Wildman–Crippen MR) is 82.2 cm³/mol. The van der Waals surface area contributed by atoms with E-state index in [-0.39, 0.29) is 17.0 Å². The van der Waals surface area contributed by atoms with Crippen molar-refractivity contribution in [1.82, 2.24) is 0 Å². The number of rotatable bonds is 10. The summed E-state index contributed by atoms with van der Waals surface area (Å²) in [6.07, 6.45) is 7.61. The lowest BCUT2D eigenvalue weighted by molar-refractivity contribution is -0.162. The normalized spacial score (nSPS) is 12.5. The van der Waals surface area contributed by atoms with Crippen LogP contribution in [0.5, 0.6) is 0 Å². The molecule has 114 valence electrons. The van der Waals surface area contributed by atoms with Gasteiger partial charge in [0.05, 0.1) is 0 Å². The van der Waals surface area contributed by atoms with Gasteiger partial charge in [-0.2, -0.15) is 0 Å². The van der Waals surface area contributed by atoms with Gasteiger partial charge in [-0.25, -0.2) is 0 Å². The molecule has 2 nitrogen and oxygen atoms in total. The molecular weight excluding hydrogens is 236 g/mol. The first-order valence-corrected chi connectivity index (χ1v) is 8.06. The largest absolute Gasteiger partial charge is 0.459 e. The highest BCUT2D eigenvalue weighted by Gasteiger charge is 2.31. The van der Waals surface area contributed by atoms with E-state index in [1.807, 2.05) is 0 Å². The maximum absolute atomic E-state index is 12.1. The van der Waals surface area contributed by atoms with Crippen LogP contribution in [0.2, 0.25) is 0 Å². The molecule has 2 heteroatoms. The summed E-state index contributed by atoms with van der Waals surface area (Å²) in [6.45, 7) is 13.1. The van der Waals surface area contributed by atoms with Gasteiger partial charge >= 0.3 is 5.97 Å². The number of ether oxygens (including phenoxy) is 1. The van der Waals surface area contributed by atoms with Crippen molar-refractivity contribution in [3.8, 4) is 0 Å². The molecule has 0 atom stereocenters. The molecule has 0 amide bonds. The molecule has 0 aliphatic carbocycles. The first kappa shape index (κ1) is 18.5. The van der Waals surface area contributed by atoms with Crippen molar-refractivity contribution >= 4 is 5.97 Å². The molecule has 0 fully saturated rings. The lowest BCUT2D eigenvalue weighted by atomic mass is 9.85. The van der Waals surface area contributed by atoms with E-state index < -0.39 is 0 Å². The fraction of sp³-hybridized carbons (Fsp3) is 0.941. The lowest BCUT2D eigenvalue weighted by Crippen LogP contribution is -2.34. The van der Waals surface area contributed by atoms with Crippen LogP contribution in [0.25, 0.3) is 0 Å². The number of carbonyl (C=O) groups is 1. The molecule has 0 bridgehead atoms. The van der Waals surface area contributed by atoms with Crippen LogP contribution in [0, 0.1) is 5.41 Å². The van der Waals surface area contributed by atoms with Gasteiger partial charge in [-0.1, -0.05) is 60.8 Å². The van der Waals surface area contributed by atoms with E-state index in [0.29, 0.717) is 6.42 Å². The number of hydrogen-bond acceptors (Lipinski definition) is 2. The Kier molecular flexibility index (Phi) is 8.36. The molecule has 0 spiro atoms. The second-order valence-corrected chi connectivity index (χ2v) is 6.53. The van der Waals surface area contributed by atoms with Crippen LogP contribution < -0.4 is 0 Å². The summed E-state index contributed by atoms with van der Waals surface area (Å²) in [4.78, 5) is 12.1. The van der Waals surface area contributed by atoms with Gasteiger partial charge in [0.2, 0.25) is 0 Å². The second-order valence-electron chi connectivity index (χ2n) is 6.53. The van der Waals surface area contributed by atoms with Gasteiger partial charge in [0.25, 0.3) is 0 Å². The van der Waals surface area contributed by atoms with Crippen molar-refractivity contribution in [2.45, 2.75) is 98.5 Å². The number of carbonyl (C=O) groups excluding carboxylic acids is 1. The highest BCUT2D eigenvalue weighted by molar-refractivity contribution is 5.70. The molecule has 0 saturated carbocycles. The summed E-state index contributed by atoms with van der Waals surface area (Å²) in [6, 6.07) is 0. The van der Waals surface area contributed by atoms with Crippen LogP contribution in [0.15, 0.2) is 0 Å². The minimum Gasteiger partial charge on any atom is -0.459 e. The van der Waals surface area contributed by atoms with Crippen LogP contribution >= 0.6 is 0 Å². The summed E-state index contributed by atoms with van der Waals surface area (Å²) in [7, 11) is 0. The Balaban J connectivity index is 4.46. The summed E-state index contributed by atoms with van der Waals surface area (Å²) in [5, 5.41) is 0. The quantitative estimate of drug-likeness (QED) is 0.490. The second kappa shape index (κ2) is 8.60. The van der Waals surface area contributed by atoms with Crippen LogP contribution in [0.4, 0.5) is 0 Å². The molecule has 0 heterocycles. The summed E-state index contributed by atoms with van der Waals surface area (Å²) < 4.78 is 5.87. The third kappa shape index (κ3) is 6.98. The first-order valence-electron chi connectivity index (χ1n) is 8.06. The highest BCUT2D eigenvalue weighted by Crippen LogP contribution is 2.31. The van der Waals surface area contributed by atoms with Gasteiger partial charge in [0.15, 0.2) is 0 Å². The van der Waals surface area contributed by atoms with Crippen molar-refractivity contribution in [2.75, 3.05) is 0 Å². The third-order valence-corrected chi connectivity index (χ3v) is 4.35. The first-order chi connectivity index (χ1) is 8.84. The molecule has 0 rings (SSSR count). The van der Waals surface area contributed by atoms with Crippen molar-refractivity contribution in [3.05, 3.63) is 0 Å². The topological polar surface area (TPSA) is 26.3 Å². The van der Waals surface area contributed by atoms with Crippen LogP contribution in [0.3, 0.4) is 0 Å². The predicted octanol–water partition coefficient (Wildman–Crippen LogP) is 5.50. The van der Waals surface area contributed by atoms with Crippen LogP contribution in [-0.2, 0) is 9.53 Å². The van der Waals surface area contributed by atoms with E-state index in [1.54, 1.807) is 0 Å². The molecule has 0 saturated heterocycles. The average molecular weight is 270 g/mol. The van der Waals surface area contributed by atoms with Gasteiger partial charge in [-0.3, -0.25) is 4.79 Å². The Morgan fingerprint density at radius 1 is 0.895 bits per heavy atom. The Hall–Kier alpha value is -0.530. The molecule has 19 heavy (non-hydrogen) atoms. The Labute approximate surface area is 120 Å². The number of esters is 1. The standard InChI is InChI=1S/C17H34O2/c1-7-12-17(10-4,13-8-2)19-15(18)11-14-16(5,6)9-3/h7-14H2,1-6H3. The molecule has 0 aromatic rings. The molecule has 0 N–H and O–H groups in total. The van der Waals surface area contributed by atoms with E-state index in [2.05, 4.69) is 41.5 Å². The van der Waals surface area contributed by atoms with E-state index >= 15 is 0 Å². The summed E-state index contributed by atoms with van der Waals surface area (Å²) in [5.74, 6) is -0.00900. The van der Waals surface area contributed by atoms with Crippen molar-refractivity contribution in [1.29, 1.82) is 0 Å². The molecule has 0 aromatic heterocycles. The van der Waals surface area contributed by atoms with E-state index in [4.69, 9.17) is 4.74 Å². The van der Waals surface area contributed by atoms with Gasteiger partial charge in [0, 0.05) is 6.42 Å². The Morgan fingerprint density at radius 2 is 1.42 bits per heavy atom. The minimum atomic E-state index is -0.211. The molecular formula is C17H34O2. The van der Waals surface area contributed by atoms with Crippen LogP contribution in [0.1, 0.15) is 92.9 Å². The fourth-order valence-electron chi connectivity index (χ4n) is 2.47. The van der Waals surface area contributed by atoms with Crippen molar-refractivity contribution in [2.24, 2.45) is 5.41 Å². The highest BCUT2D eigenvalue weighted by atomic mass is 16.6. The number of hydrogen-bond donors (Lipinski definition) is 0. The zero-order valence-electron chi connectivity index (χ0n) is 14.0. The third-order valence-electron chi connectivity index (χ3n) is 4.35. The monoisotopic (exact) mass is 270 g/mol. The van der Waals surface area contributed by atoms with E-state index in [1.165, 1.54) is 0 Å². The SMILES string of the molecule is CCCC(CC)(CCC)OC(=O)CCC(C)(C)CC. The summed E-state index contributed by atoms with van der Waals surface area (Å²) >= 11 is 0. The molecule has 0 aliphatic rings. The zero-order chi connectivity index (χ0) is 14.9. The van der Waals surface area contributed by atoms with Gasteiger partial charge in [0.1, 0.15) is 5.60 Å². The molecule has 0 aromatic carbocycles. The minimum absolute atomic E-state index is 0.00900. The van der Waals surface area contributed by atoms with E-state index in [9.17, 15) is 4.79 Å². The zero-order valence-corrected chi connectivity index (χ0v) is 14.0. The maximum Gasteiger partial charge on any atom is 0.306 e. The van der Waals surface area contributed by atoms with Gasteiger partial charge < -0.3 is 4.74 Å². The Morgan fingerprint density at radius 3 is 1.79 bits per heavy atom. The van der Waals surface area contributed by atoms with Crippen LogP contribution in [-0.4, -0.2) is 11.6 Å². The summed E-state index contributed by atoms with van der Waals surface area (Å²) in [5.41, 5.74) is 0.0281. The van der Waals surface area contributed by atoms with Gasteiger partial charge in [-0.15, -0.1) is 0 Å². The van der Waals surface area contributed by atoms with E-state index in [0.717, 1.165) is 44.9 Å².